The van der Waals surface area contributed by atoms with Crippen molar-refractivity contribution in [1.29, 1.82) is 0 Å². The van der Waals surface area contributed by atoms with Crippen molar-refractivity contribution in [3.05, 3.63) is 47.0 Å². The van der Waals surface area contributed by atoms with Gasteiger partial charge in [-0.1, -0.05) is 44.5 Å². The summed E-state index contributed by atoms with van der Waals surface area (Å²) in [6, 6.07) is 7.99. The normalized spacial score (nSPS) is 12.3. The van der Waals surface area contributed by atoms with Crippen LogP contribution in [-0.4, -0.2) is 40.4 Å². The van der Waals surface area contributed by atoms with Crippen molar-refractivity contribution >= 4 is 17.6 Å². The lowest BCUT2D eigenvalue weighted by Gasteiger charge is -2.24. The molecule has 1 aromatic carbocycles. The van der Waals surface area contributed by atoms with Gasteiger partial charge in [0, 0.05) is 36.5 Å². The molecule has 0 atom stereocenters. The molecule has 2 aromatic rings. The highest BCUT2D eigenvalue weighted by Crippen LogP contribution is 2.24. The van der Waals surface area contributed by atoms with Crippen LogP contribution in [0.3, 0.4) is 0 Å². The molecule has 0 saturated heterocycles. The van der Waals surface area contributed by atoms with Gasteiger partial charge in [-0.2, -0.15) is 0 Å². The number of halogens is 1. The number of hydrogen-bond acceptors (Lipinski definition) is 3. The summed E-state index contributed by atoms with van der Waals surface area (Å²) >= 11 is 5.99. The molecule has 0 unspecified atom stereocenters. The number of benzene rings is 1. The minimum Gasteiger partial charge on any atom is -0.357 e. The van der Waals surface area contributed by atoms with E-state index in [1.165, 1.54) is 5.56 Å². The Balaban J connectivity index is 1.95. The molecule has 1 heterocycles. The van der Waals surface area contributed by atoms with Gasteiger partial charge in [0.1, 0.15) is 12.2 Å². The van der Waals surface area contributed by atoms with Crippen molar-refractivity contribution in [2.75, 3.05) is 19.6 Å². The molecule has 0 aliphatic rings. The van der Waals surface area contributed by atoms with Gasteiger partial charge in [0.25, 0.3) is 0 Å². The van der Waals surface area contributed by atoms with Crippen molar-refractivity contribution in [3.8, 4) is 0 Å². The molecule has 0 aliphatic heterocycles. The van der Waals surface area contributed by atoms with E-state index in [2.05, 4.69) is 65.2 Å². The number of nitrogens with zero attached hydrogens (tertiary/aromatic N) is 4. The third-order valence-electron chi connectivity index (χ3n) is 4.26. The Morgan fingerprint density at radius 1 is 1.19 bits per heavy atom. The fourth-order valence-corrected chi connectivity index (χ4v) is 2.77. The van der Waals surface area contributed by atoms with Crippen LogP contribution >= 0.6 is 11.6 Å². The summed E-state index contributed by atoms with van der Waals surface area (Å²) in [4.78, 5) is 4.77. The zero-order valence-electron chi connectivity index (χ0n) is 16.1. The number of aliphatic imine (C=N–C) groups is 1. The number of nitrogens with one attached hydrogen (secondary N) is 2. The summed E-state index contributed by atoms with van der Waals surface area (Å²) in [6.07, 6.45) is 2.65. The van der Waals surface area contributed by atoms with E-state index in [1.807, 2.05) is 12.1 Å². The number of guanidine groups is 1. The monoisotopic (exact) mass is 376 g/mol. The first-order chi connectivity index (χ1) is 12.5. The van der Waals surface area contributed by atoms with Gasteiger partial charge in [-0.15, -0.1) is 10.2 Å². The molecule has 142 valence electrons. The molecule has 2 rings (SSSR count). The minimum atomic E-state index is -0.0728. The summed E-state index contributed by atoms with van der Waals surface area (Å²) in [5, 5.41) is 15.5. The fraction of sp³-hybridized carbons (Fsp3) is 0.526. The zero-order chi connectivity index (χ0) is 19.0. The van der Waals surface area contributed by atoms with Gasteiger partial charge in [0.15, 0.2) is 5.96 Å². The zero-order valence-corrected chi connectivity index (χ0v) is 16.8. The lowest BCUT2D eigenvalue weighted by molar-refractivity contribution is 0.536. The largest absolute Gasteiger partial charge is 0.357 e. The summed E-state index contributed by atoms with van der Waals surface area (Å²) in [5.74, 6) is 1.82. The Hall–Kier alpha value is -2.08. The van der Waals surface area contributed by atoms with E-state index in [4.69, 9.17) is 16.6 Å². The van der Waals surface area contributed by atoms with Crippen LogP contribution in [0.25, 0.3) is 0 Å². The van der Waals surface area contributed by atoms with E-state index < -0.39 is 0 Å². The first kappa shape index (κ1) is 20.2. The van der Waals surface area contributed by atoms with Gasteiger partial charge in [0.05, 0.1) is 6.54 Å². The molecule has 7 heteroatoms. The SMILES string of the molecule is CCNC(=NCC(C)(C)c1ccc(Cl)cc1)NCCn1cnnc1CC. The van der Waals surface area contributed by atoms with E-state index >= 15 is 0 Å². The predicted molar refractivity (Wildman–Crippen MR) is 108 cm³/mol. The van der Waals surface area contributed by atoms with E-state index in [9.17, 15) is 0 Å². The van der Waals surface area contributed by atoms with E-state index in [0.717, 1.165) is 42.9 Å². The standard InChI is InChI=1S/C19H29ClN6/c1-5-17-25-24-14-26(17)12-11-22-18(21-6-2)23-13-19(3,4)15-7-9-16(20)10-8-15/h7-10,14H,5-6,11-13H2,1-4H3,(H2,21,22,23). The summed E-state index contributed by atoms with van der Waals surface area (Å²) < 4.78 is 2.06. The van der Waals surface area contributed by atoms with E-state index in [0.29, 0.717) is 6.54 Å². The molecule has 0 bridgehead atoms. The maximum Gasteiger partial charge on any atom is 0.191 e. The molecule has 0 amide bonds. The third-order valence-corrected chi connectivity index (χ3v) is 4.51. The lowest BCUT2D eigenvalue weighted by atomic mass is 9.85. The Labute approximate surface area is 161 Å². The highest BCUT2D eigenvalue weighted by molar-refractivity contribution is 6.30. The van der Waals surface area contributed by atoms with Gasteiger partial charge in [-0.25, -0.2) is 0 Å². The summed E-state index contributed by atoms with van der Waals surface area (Å²) in [5.41, 5.74) is 1.15. The van der Waals surface area contributed by atoms with Crippen molar-refractivity contribution in [2.45, 2.75) is 46.1 Å². The average molecular weight is 377 g/mol. The lowest BCUT2D eigenvalue weighted by Crippen LogP contribution is -2.40. The number of aromatic nitrogens is 3. The second kappa shape index (κ2) is 9.57. The Kier molecular flexibility index (Phi) is 7.45. The van der Waals surface area contributed by atoms with Gasteiger partial charge in [-0.05, 0) is 24.6 Å². The molecule has 0 radical (unpaired) electrons. The van der Waals surface area contributed by atoms with Crippen molar-refractivity contribution < 1.29 is 0 Å². The fourth-order valence-electron chi connectivity index (χ4n) is 2.65. The molecule has 6 nitrogen and oxygen atoms in total. The molecule has 0 saturated carbocycles. The van der Waals surface area contributed by atoms with Crippen LogP contribution in [0.5, 0.6) is 0 Å². The maximum absolute atomic E-state index is 5.99. The molecule has 0 spiro atoms. The Bertz CT molecular complexity index is 705. The van der Waals surface area contributed by atoms with Crippen LogP contribution in [0.4, 0.5) is 0 Å². The quantitative estimate of drug-likeness (QED) is 0.549. The van der Waals surface area contributed by atoms with Gasteiger partial charge < -0.3 is 15.2 Å². The molecule has 26 heavy (non-hydrogen) atoms. The second-order valence-corrected chi connectivity index (χ2v) is 7.24. The van der Waals surface area contributed by atoms with Crippen molar-refractivity contribution in [1.82, 2.24) is 25.4 Å². The predicted octanol–water partition coefficient (Wildman–Crippen LogP) is 3.03. The molecular weight excluding hydrogens is 348 g/mol. The smallest absolute Gasteiger partial charge is 0.191 e. The van der Waals surface area contributed by atoms with Gasteiger partial charge in [-0.3, -0.25) is 4.99 Å². The Morgan fingerprint density at radius 2 is 1.92 bits per heavy atom. The first-order valence-electron chi connectivity index (χ1n) is 9.11. The van der Waals surface area contributed by atoms with Crippen LogP contribution < -0.4 is 10.6 Å². The molecule has 2 N–H and O–H groups in total. The average Bonchev–Trinajstić information content (AvgIpc) is 3.07. The molecule has 0 aliphatic carbocycles. The number of aryl methyl sites for hydroxylation is 1. The molecular formula is C19H29ClN6. The number of hydrogen-bond donors (Lipinski definition) is 2. The molecule has 0 fully saturated rings. The minimum absolute atomic E-state index is 0.0728. The van der Waals surface area contributed by atoms with Crippen LogP contribution in [-0.2, 0) is 18.4 Å². The topological polar surface area (TPSA) is 67.1 Å². The van der Waals surface area contributed by atoms with Crippen molar-refractivity contribution in [2.24, 2.45) is 4.99 Å². The highest BCUT2D eigenvalue weighted by atomic mass is 35.5. The molecule has 1 aromatic heterocycles. The number of rotatable bonds is 8. The summed E-state index contributed by atoms with van der Waals surface area (Å²) in [7, 11) is 0. The van der Waals surface area contributed by atoms with Gasteiger partial charge in [0.2, 0.25) is 0 Å². The Morgan fingerprint density at radius 3 is 2.58 bits per heavy atom. The second-order valence-electron chi connectivity index (χ2n) is 6.81. The van der Waals surface area contributed by atoms with Crippen LogP contribution in [0.2, 0.25) is 5.02 Å². The van der Waals surface area contributed by atoms with Gasteiger partial charge >= 0.3 is 0 Å². The summed E-state index contributed by atoms with van der Waals surface area (Å²) in [6.45, 7) is 11.6. The maximum atomic E-state index is 5.99. The van der Waals surface area contributed by atoms with Crippen LogP contribution in [0, 0.1) is 0 Å². The van der Waals surface area contributed by atoms with Crippen LogP contribution in [0.1, 0.15) is 39.1 Å². The van der Waals surface area contributed by atoms with E-state index in [-0.39, 0.29) is 5.41 Å². The third kappa shape index (κ3) is 5.73. The van der Waals surface area contributed by atoms with E-state index in [1.54, 1.807) is 6.33 Å². The first-order valence-corrected chi connectivity index (χ1v) is 9.49. The highest BCUT2D eigenvalue weighted by Gasteiger charge is 2.20. The van der Waals surface area contributed by atoms with Crippen LogP contribution in [0.15, 0.2) is 35.6 Å². The van der Waals surface area contributed by atoms with Crippen molar-refractivity contribution in [3.63, 3.8) is 0 Å².